The summed E-state index contributed by atoms with van der Waals surface area (Å²) in [6, 6.07) is 15.3. The van der Waals surface area contributed by atoms with Crippen molar-refractivity contribution in [2.24, 2.45) is 7.05 Å². The summed E-state index contributed by atoms with van der Waals surface area (Å²) < 4.78 is 45.7. The lowest BCUT2D eigenvalue weighted by Crippen LogP contribution is -2.13. The van der Waals surface area contributed by atoms with Crippen LogP contribution >= 0.6 is 0 Å². The van der Waals surface area contributed by atoms with E-state index in [9.17, 15) is 13.2 Å². The van der Waals surface area contributed by atoms with Gasteiger partial charge in [-0.1, -0.05) is 25.1 Å². The van der Waals surface area contributed by atoms with Gasteiger partial charge in [0.1, 0.15) is 5.75 Å². The molecule has 3 heterocycles. The Bertz CT molecular complexity index is 1540. The van der Waals surface area contributed by atoms with Crippen molar-refractivity contribution in [2.75, 3.05) is 5.32 Å². The van der Waals surface area contributed by atoms with Crippen molar-refractivity contribution in [1.82, 2.24) is 29.7 Å². The van der Waals surface area contributed by atoms with Gasteiger partial charge in [0, 0.05) is 31.6 Å². The molecule has 2 N–H and O–H groups in total. The Morgan fingerprint density at radius 3 is 2.42 bits per heavy atom. The number of hydrogen-bond acceptors (Lipinski definition) is 6. The van der Waals surface area contributed by atoms with Crippen LogP contribution in [0.3, 0.4) is 0 Å². The summed E-state index contributed by atoms with van der Waals surface area (Å²) in [4.78, 5) is 12.1. The monoisotopic (exact) mass is 521 g/mol. The molecular weight excluding hydrogens is 495 g/mol. The molecule has 196 valence electrons. The van der Waals surface area contributed by atoms with E-state index < -0.39 is 11.7 Å². The van der Waals surface area contributed by atoms with Crippen LogP contribution in [0.2, 0.25) is 0 Å². The number of nitrogens with zero attached hydrogens (tertiary/aromatic N) is 5. The average molecular weight is 522 g/mol. The summed E-state index contributed by atoms with van der Waals surface area (Å²) >= 11 is 0. The number of ether oxygens (including phenoxy) is 1. The number of alkyl halides is 3. The van der Waals surface area contributed by atoms with Crippen molar-refractivity contribution < 1.29 is 17.9 Å². The standard InChI is InChI=1S/C27H26F3N7O/c1-4-22(18-6-8-21(9-7-18)38-26-31-14-19(15-32-26)27(28,29)30)33-25-34-23-10-5-17(13-24(23)37(25)3)12-20-11-16(2)35-36-20/h5-11,13-15,22H,4,12H2,1-3H3,(H,33,34)(H,35,36). The molecular formula is C27H26F3N7O. The number of benzene rings is 2. The highest BCUT2D eigenvalue weighted by Gasteiger charge is 2.31. The highest BCUT2D eigenvalue weighted by atomic mass is 19.4. The molecule has 0 bridgehead atoms. The highest BCUT2D eigenvalue weighted by Crippen LogP contribution is 2.30. The minimum atomic E-state index is -4.50. The predicted octanol–water partition coefficient (Wildman–Crippen LogP) is 6.36. The van der Waals surface area contributed by atoms with Crippen LogP contribution in [0.15, 0.2) is 60.9 Å². The molecule has 1 atom stereocenters. The van der Waals surface area contributed by atoms with E-state index in [1.165, 1.54) is 0 Å². The number of nitrogens with one attached hydrogen (secondary N) is 2. The van der Waals surface area contributed by atoms with E-state index in [2.05, 4.69) is 44.5 Å². The molecule has 8 nitrogen and oxygen atoms in total. The molecule has 5 aromatic rings. The number of H-pyrrole nitrogens is 1. The lowest BCUT2D eigenvalue weighted by molar-refractivity contribution is -0.138. The zero-order valence-electron chi connectivity index (χ0n) is 21.0. The number of aromatic amines is 1. The van der Waals surface area contributed by atoms with E-state index in [0.717, 1.165) is 52.3 Å². The molecule has 3 aromatic heterocycles. The molecule has 2 aromatic carbocycles. The molecule has 0 spiro atoms. The summed E-state index contributed by atoms with van der Waals surface area (Å²) in [6.07, 6.45) is -1.56. The van der Waals surface area contributed by atoms with Crippen LogP contribution < -0.4 is 10.1 Å². The van der Waals surface area contributed by atoms with E-state index in [1.807, 2.05) is 42.8 Å². The average Bonchev–Trinajstić information content (AvgIpc) is 3.44. The van der Waals surface area contributed by atoms with Crippen molar-refractivity contribution in [3.63, 3.8) is 0 Å². The van der Waals surface area contributed by atoms with Crippen LogP contribution in [0, 0.1) is 6.92 Å². The van der Waals surface area contributed by atoms with Gasteiger partial charge in [-0.3, -0.25) is 5.10 Å². The molecule has 0 fully saturated rings. The summed E-state index contributed by atoms with van der Waals surface area (Å²) in [6.45, 7) is 4.06. The quantitative estimate of drug-likeness (QED) is 0.247. The van der Waals surface area contributed by atoms with Gasteiger partial charge in [-0.15, -0.1) is 0 Å². The fourth-order valence-corrected chi connectivity index (χ4v) is 4.21. The van der Waals surface area contributed by atoms with E-state index in [1.54, 1.807) is 12.1 Å². The van der Waals surface area contributed by atoms with Gasteiger partial charge in [0.05, 0.1) is 28.3 Å². The van der Waals surface area contributed by atoms with E-state index in [4.69, 9.17) is 9.72 Å². The largest absolute Gasteiger partial charge is 0.424 e. The van der Waals surface area contributed by atoms with Gasteiger partial charge < -0.3 is 14.6 Å². The molecule has 0 saturated heterocycles. The molecule has 11 heteroatoms. The SMILES string of the molecule is CCC(Nc1nc2ccc(Cc3cc(C)[nH]n3)cc2n1C)c1ccc(Oc2ncc(C(F)(F)F)cn2)cc1. The number of rotatable bonds is 8. The summed E-state index contributed by atoms with van der Waals surface area (Å²) in [5.74, 6) is 1.17. The second-order valence-corrected chi connectivity index (χ2v) is 9.06. The maximum Gasteiger partial charge on any atom is 0.419 e. The van der Waals surface area contributed by atoms with Gasteiger partial charge in [-0.05, 0) is 54.8 Å². The Morgan fingerprint density at radius 1 is 1.05 bits per heavy atom. The first kappa shape index (κ1) is 25.2. The molecule has 0 radical (unpaired) electrons. The third-order valence-electron chi connectivity index (χ3n) is 6.25. The van der Waals surface area contributed by atoms with Crippen molar-refractivity contribution in [3.05, 3.63) is 89.0 Å². The Labute approximate surface area is 216 Å². The number of hydrogen-bond donors (Lipinski definition) is 2. The normalized spacial score (nSPS) is 12.6. The van der Waals surface area contributed by atoms with Gasteiger partial charge in [0.2, 0.25) is 5.95 Å². The van der Waals surface area contributed by atoms with Crippen molar-refractivity contribution in [1.29, 1.82) is 0 Å². The molecule has 5 rings (SSSR count). The van der Waals surface area contributed by atoms with Crippen molar-refractivity contribution in [3.8, 4) is 11.8 Å². The summed E-state index contributed by atoms with van der Waals surface area (Å²) in [5.41, 5.74) is 5.17. The third-order valence-corrected chi connectivity index (χ3v) is 6.25. The van der Waals surface area contributed by atoms with Gasteiger partial charge in [-0.25, -0.2) is 15.0 Å². The van der Waals surface area contributed by atoms with Crippen LogP contribution in [0.25, 0.3) is 11.0 Å². The molecule has 0 aliphatic carbocycles. The van der Waals surface area contributed by atoms with Crippen LogP contribution in [0.4, 0.5) is 19.1 Å². The minimum absolute atomic E-state index is 0.0200. The fourth-order valence-electron chi connectivity index (χ4n) is 4.21. The minimum Gasteiger partial charge on any atom is -0.424 e. The first-order valence-corrected chi connectivity index (χ1v) is 12.1. The second-order valence-electron chi connectivity index (χ2n) is 9.06. The molecule has 1 unspecified atom stereocenters. The van der Waals surface area contributed by atoms with E-state index >= 15 is 0 Å². The highest BCUT2D eigenvalue weighted by molar-refractivity contribution is 5.79. The third kappa shape index (κ3) is 5.46. The molecule has 0 aliphatic rings. The van der Waals surface area contributed by atoms with Crippen molar-refractivity contribution >= 4 is 17.0 Å². The van der Waals surface area contributed by atoms with Gasteiger partial charge in [0.15, 0.2) is 0 Å². The number of imidazole rings is 1. The predicted molar refractivity (Wildman–Crippen MR) is 137 cm³/mol. The van der Waals surface area contributed by atoms with Gasteiger partial charge in [0.25, 0.3) is 0 Å². The fraction of sp³-hybridized carbons (Fsp3) is 0.259. The van der Waals surface area contributed by atoms with Crippen LogP contribution in [0.1, 0.15) is 47.5 Å². The van der Waals surface area contributed by atoms with Crippen LogP contribution in [-0.2, 0) is 19.6 Å². The smallest absolute Gasteiger partial charge is 0.419 e. The summed E-state index contributed by atoms with van der Waals surface area (Å²) in [5, 5.41) is 10.8. The van der Waals surface area contributed by atoms with Crippen molar-refractivity contribution in [2.45, 2.75) is 38.9 Å². The summed E-state index contributed by atoms with van der Waals surface area (Å²) in [7, 11) is 1.98. The van der Waals surface area contributed by atoms with E-state index in [0.29, 0.717) is 18.1 Å². The van der Waals surface area contributed by atoms with Gasteiger partial charge >= 0.3 is 12.2 Å². The number of anilines is 1. The second kappa shape index (κ2) is 10.2. The molecule has 38 heavy (non-hydrogen) atoms. The first-order valence-electron chi connectivity index (χ1n) is 12.1. The van der Waals surface area contributed by atoms with Crippen LogP contribution in [-0.4, -0.2) is 29.7 Å². The van der Waals surface area contributed by atoms with Gasteiger partial charge in [-0.2, -0.15) is 18.3 Å². The number of fused-ring (bicyclic) bond motifs is 1. The lowest BCUT2D eigenvalue weighted by Gasteiger charge is -2.18. The topological polar surface area (TPSA) is 93.5 Å². The first-order chi connectivity index (χ1) is 18.2. The number of aryl methyl sites for hydroxylation is 2. The molecule has 0 amide bonds. The lowest BCUT2D eigenvalue weighted by atomic mass is 10.0. The maximum absolute atomic E-state index is 12.7. The maximum atomic E-state index is 12.7. The van der Waals surface area contributed by atoms with Crippen LogP contribution in [0.5, 0.6) is 11.8 Å². The van der Waals surface area contributed by atoms with E-state index in [-0.39, 0.29) is 12.1 Å². The number of halogens is 3. The zero-order chi connectivity index (χ0) is 26.9. The Hall–Kier alpha value is -4.41. The molecule has 0 saturated carbocycles. The Morgan fingerprint density at radius 2 is 1.79 bits per heavy atom. The number of aromatic nitrogens is 6. The Kier molecular flexibility index (Phi) is 6.75. The zero-order valence-corrected chi connectivity index (χ0v) is 21.0. The molecule has 0 aliphatic heterocycles. The Balaban J connectivity index is 1.29.